The summed E-state index contributed by atoms with van der Waals surface area (Å²) in [6.07, 6.45) is 0. The fourth-order valence-corrected chi connectivity index (χ4v) is 5.35. The molecule has 1 N–H and O–H groups in total. The first-order valence-corrected chi connectivity index (χ1v) is 14.1. The lowest BCUT2D eigenvalue weighted by Gasteiger charge is -2.43. The molecule has 2 unspecified atom stereocenters. The van der Waals surface area contributed by atoms with Gasteiger partial charge >= 0.3 is 0 Å². The Morgan fingerprint density at radius 3 is 1.76 bits per heavy atom. The molecule has 41 heavy (non-hydrogen) atoms. The summed E-state index contributed by atoms with van der Waals surface area (Å²) in [5.41, 5.74) is 0.400. The normalized spacial score (nSPS) is 20.9. The van der Waals surface area contributed by atoms with E-state index in [9.17, 15) is 18.4 Å². The van der Waals surface area contributed by atoms with Crippen LogP contribution in [0.3, 0.4) is 0 Å². The minimum Gasteiger partial charge on any atom is -0.463 e. The summed E-state index contributed by atoms with van der Waals surface area (Å²) in [4.78, 5) is 26.3. The minimum atomic E-state index is -1.01. The third-order valence-electron chi connectivity index (χ3n) is 7.05. The predicted octanol–water partition coefficient (Wildman–Crippen LogP) is 7.51. The lowest BCUT2D eigenvalue weighted by molar-refractivity contribution is -0.0557. The van der Waals surface area contributed by atoms with Gasteiger partial charge in [0.2, 0.25) is 11.4 Å². The van der Waals surface area contributed by atoms with Crippen molar-refractivity contribution in [3.63, 3.8) is 0 Å². The molecule has 2 amide bonds. The predicted molar refractivity (Wildman–Crippen MR) is 157 cm³/mol. The summed E-state index contributed by atoms with van der Waals surface area (Å²) in [7, 11) is 1.68. The molecule has 2 atom stereocenters. The van der Waals surface area contributed by atoms with Crippen LogP contribution in [0, 0.1) is 11.6 Å². The third kappa shape index (κ3) is 5.58. The van der Waals surface area contributed by atoms with Gasteiger partial charge in [0.25, 0.3) is 11.8 Å². The van der Waals surface area contributed by atoms with Crippen molar-refractivity contribution >= 4 is 43.7 Å². The van der Waals surface area contributed by atoms with Gasteiger partial charge < -0.3 is 14.8 Å². The van der Waals surface area contributed by atoms with Gasteiger partial charge in [0.15, 0.2) is 0 Å². The molecular formula is C31H24Br2F2N2O4. The Bertz CT molecular complexity index is 1650. The van der Waals surface area contributed by atoms with Crippen molar-refractivity contribution in [3.8, 4) is 11.5 Å². The smallest absolute Gasteiger partial charge is 0.260 e. The summed E-state index contributed by atoms with van der Waals surface area (Å²) in [5.74, 6) is 0.0148. The number of benzene rings is 4. The Labute approximate surface area is 252 Å². The summed E-state index contributed by atoms with van der Waals surface area (Å²) < 4.78 is 39.7. The topological polar surface area (TPSA) is 67.9 Å². The summed E-state index contributed by atoms with van der Waals surface area (Å²) >= 11 is 6.67. The second-order valence-corrected chi connectivity index (χ2v) is 11.7. The molecule has 0 saturated heterocycles. The van der Waals surface area contributed by atoms with Crippen molar-refractivity contribution < 1.29 is 27.8 Å². The summed E-state index contributed by atoms with van der Waals surface area (Å²) in [5, 5.41) is 2.81. The number of nitrogens with zero attached hydrogens (tertiary/aromatic N) is 1. The van der Waals surface area contributed by atoms with Crippen LogP contribution in [-0.4, -0.2) is 23.8 Å². The molecule has 0 bridgehead atoms. The van der Waals surface area contributed by atoms with Gasteiger partial charge in [0.05, 0.1) is 11.1 Å². The second kappa shape index (κ2) is 10.9. The highest BCUT2D eigenvalue weighted by Crippen LogP contribution is 2.40. The number of fused-ring (bicyclic) bond motifs is 2. The molecule has 6 nitrogen and oxygen atoms in total. The largest absolute Gasteiger partial charge is 0.463 e. The fraction of sp³-hybridized carbons (Fsp3) is 0.161. The number of carbonyl (C=O) groups is 2. The maximum Gasteiger partial charge on any atom is 0.260 e. The average molecular weight is 686 g/mol. The monoisotopic (exact) mass is 684 g/mol. The molecule has 0 spiro atoms. The van der Waals surface area contributed by atoms with Gasteiger partial charge in [-0.15, -0.1) is 0 Å². The van der Waals surface area contributed by atoms with Gasteiger partial charge in [-0.3, -0.25) is 14.5 Å². The molecule has 10 heteroatoms. The first-order chi connectivity index (χ1) is 19.4. The quantitative estimate of drug-likeness (QED) is 0.237. The Hall–Kier alpha value is -3.76. The van der Waals surface area contributed by atoms with Gasteiger partial charge in [-0.05, 0) is 74.5 Å². The second-order valence-electron chi connectivity index (χ2n) is 9.83. The van der Waals surface area contributed by atoms with E-state index >= 15 is 0 Å². The maximum absolute atomic E-state index is 13.1. The van der Waals surface area contributed by atoms with Crippen LogP contribution >= 0.6 is 31.9 Å². The van der Waals surface area contributed by atoms with Crippen molar-refractivity contribution in [2.24, 2.45) is 0 Å². The number of amides is 2. The zero-order chi connectivity index (χ0) is 29.5. The van der Waals surface area contributed by atoms with E-state index in [0.717, 1.165) is 8.95 Å². The third-order valence-corrected chi connectivity index (χ3v) is 8.04. The number of ether oxygens (including phenoxy) is 2. The molecule has 4 aromatic carbocycles. The van der Waals surface area contributed by atoms with E-state index in [2.05, 4.69) is 37.2 Å². The Balaban J connectivity index is 0.000000165. The van der Waals surface area contributed by atoms with E-state index in [1.807, 2.05) is 12.1 Å². The van der Waals surface area contributed by atoms with Gasteiger partial charge in [-0.2, -0.15) is 0 Å². The van der Waals surface area contributed by atoms with Crippen molar-refractivity contribution in [2.45, 2.75) is 25.3 Å². The number of nitrogens with one attached hydrogen (secondary N) is 1. The van der Waals surface area contributed by atoms with E-state index < -0.39 is 11.4 Å². The highest BCUT2D eigenvalue weighted by molar-refractivity contribution is 9.10. The number of hydrogen-bond acceptors (Lipinski definition) is 4. The fourth-order valence-electron chi connectivity index (χ4n) is 4.62. The molecule has 0 fully saturated rings. The van der Waals surface area contributed by atoms with Crippen LogP contribution in [0.5, 0.6) is 11.5 Å². The number of halogens is 4. The van der Waals surface area contributed by atoms with E-state index in [4.69, 9.17) is 9.47 Å². The molecule has 0 aromatic heterocycles. The molecule has 0 saturated carbocycles. The van der Waals surface area contributed by atoms with Crippen LogP contribution in [0.4, 0.5) is 8.78 Å². The van der Waals surface area contributed by atoms with Crippen LogP contribution < -0.4 is 14.8 Å². The van der Waals surface area contributed by atoms with Crippen molar-refractivity contribution in [1.82, 2.24) is 10.2 Å². The molecule has 210 valence electrons. The first kappa shape index (κ1) is 28.8. The van der Waals surface area contributed by atoms with E-state index in [0.29, 0.717) is 33.8 Å². The van der Waals surface area contributed by atoms with Gasteiger partial charge in [0.1, 0.15) is 23.1 Å². The number of rotatable bonds is 2. The zero-order valence-corrected chi connectivity index (χ0v) is 25.3. The average Bonchev–Trinajstić information content (AvgIpc) is 2.94. The van der Waals surface area contributed by atoms with Crippen LogP contribution in [0.25, 0.3) is 0 Å². The molecule has 2 heterocycles. The SMILES string of the molecule is CC1(c2ccc(F)cc2)NC(=O)c2cc(Br)ccc2O1.CN1C(=O)c2cc(Br)ccc2OC1(C)c1ccc(F)cc1. The molecular weight excluding hydrogens is 662 g/mol. The number of carbonyl (C=O) groups excluding carboxylic acids is 2. The molecule has 0 radical (unpaired) electrons. The van der Waals surface area contributed by atoms with Gasteiger partial charge in [0, 0.05) is 27.1 Å². The minimum absolute atomic E-state index is 0.135. The highest BCUT2D eigenvalue weighted by atomic mass is 79.9. The lowest BCUT2D eigenvalue weighted by atomic mass is 9.99. The molecule has 4 aromatic rings. The van der Waals surface area contributed by atoms with E-state index in [1.54, 1.807) is 69.4 Å². The van der Waals surface area contributed by atoms with Crippen LogP contribution in [0.1, 0.15) is 45.7 Å². The Morgan fingerprint density at radius 2 is 1.20 bits per heavy atom. The molecule has 2 aliphatic heterocycles. The van der Waals surface area contributed by atoms with Crippen molar-refractivity contribution in [2.75, 3.05) is 7.05 Å². The Kier molecular flexibility index (Phi) is 7.65. The van der Waals surface area contributed by atoms with Gasteiger partial charge in [-0.25, -0.2) is 8.78 Å². The number of hydrogen-bond donors (Lipinski definition) is 1. The Morgan fingerprint density at radius 1 is 0.707 bits per heavy atom. The summed E-state index contributed by atoms with van der Waals surface area (Å²) in [6.45, 7) is 3.53. The van der Waals surface area contributed by atoms with Crippen LogP contribution in [-0.2, 0) is 11.4 Å². The summed E-state index contributed by atoms with van der Waals surface area (Å²) in [6, 6.07) is 22.4. The molecule has 6 rings (SSSR count). The van der Waals surface area contributed by atoms with Crippen LogP contribution in [0.15, 0.2) is 93.9 Å². The zero-order valence-electron chi connectivity index (χ0n) is 22.2. The maximum atomic E-state index is 13.1. The highest BCUT2D eigenvalue weighted by Gasteiger charge is 2.42. The molecule has 0 aliphatic carbocycles. The van der Waals surface area contributed by atoms with Gasteiger partial charge in [-0.1, -0.05) is 56.1 Å². The first-order valence-electron chi connectivity index (χ1n) is 12.5. The molecule has 2 aliphatic rings. The van der Waals surface area contributed by atoms with E-state index in [-0.39, 0.29) is 23.4 Å². The van der Waals surface area contributed by atoms with E-state index in [1.165, 1.54) is 29.2 Å². The van der Waals surface area contributed by atoms with Crippen LogP contribution in [0.2, 0.25) is 0 Å². The standard InChI is InChI=1S/C16H13BrFNO2.C15H11BrFNO2/c1-16(10-3-6-12(18)7-4-10)19(2)15(20)13-9-11(17)5-8-14(13)21-16;1-15(9-2-5-11(17)6-3-9)18-14(19)12-8-10(16)4-7-13(12)20-15/h3-9H,1-2H3;2-8H,1H3,(H,18,19). The lowest BCUT2D eigenvalue weighted by Crippen LogP contribution is -2.52. The van der Waals surface area contributed by atoms with Crippen molar-refractivity contribution in [3.05, 3.63) is 128 Å². The van der Waals surface area contributed by atoms with Crippen molar-refractivity contribution in [1.29, 1.82) is 0 Å².